The van der Waals surface area contributed by atoms with E-state index in [1.54, 1.807) is 12.1 Å². The molecule has 0 spiro atoms. The molecular weight excluding hydrogens is 412 g/mol. The third kappa shape index (κ3) is 3.95. The Kier molecular flexibility index (Phi) is 5.28. The second-order valence-electron chi connectivity index (χ2n) is 5.55. The lowest BCUT2D eigenvalue weighted by molar-refractivity contribution is 0.0723. The van der Waals surface area contributed by atoms with Crippen LogP contribution >= 0.6 is 15.9 Å². The van der Waals surface area contributed by atoms with Crippen molar-refractivity contribution in [3.05, 3.63) is 46.1 Å². The Hall–Kier alpha value is -1.68. The zero-order valence-electron chi connectivity index (χ0n) is 13.5. The largest absolute Gasteiger partial charge is 0.438 e. The monoisotopic (exact) mass is 428 g/mol. The molecule has 1 aromatic carbocycles. The van der Waals surface area contributed by atoms with E-state index in [-0.39, 0.29) is 23.9 Å². The number of nitrogens with zero attached hydrogens (tertiary/aromatic N) is 1. The van der Waals surface area contributed by atoms with Crippen LogP contribution in [0.3, 0.4) is 0 Å². The van der Waals surface area contributed by atoms with E-state index in [4.69, 9.17) is 9.15 Å². The van der Waals surface area contributed by atoms with Gasteiger partial charge >= 0.3 is 0 Å². The lowest BCUT2D eigenvalue weighted by Gasteiger charge is -2.24. The molecule has 0 unspecified atom stereocenters. The minimum Gasteiger partial charge on any atom is -0.438 e. The molecule has 1 aliphatic heterocycles. The van der Waals surface area contributed by atoms with E-state index >= 15 is 0 Å². The molecule has 1 amide bonds. The Morgan fingerprint density at radius 2 is 1.92 bits per heavy atom. The summed E-state index contributed by atoms with van der Waals surface area (Å²) in [6, 6.07) is 8.02. The molecule has 2 aromatic rings. The summed E-state index contributed by atoms with van der Waals surface area (Å²) >= 11 is 3.39. The predicted molar refractivity (Wildman–Crippen MR) is 95.1 cm³/mol. The number of hydrogen-bond acceptors (Lipinski definition) is 5. The summed E-state index contributed by atoms with van der Waals surface area (Å²) in [5, 5.41) is 2.44. The normalized spacial score (nSPS) is 15.9. The smallest absolute Gasteiger partial charge is 0.291 e. The van der Waals surface area contributed by atoms with Crippen LogP contribution in [-0.2, 0) is 14.8 Å². The minimum atomic E-state index is -3.76. The van der Waals surface area contributed by atoms with Crippen LogP contribution in [0.5, 0.6) is 0 Å². The third-order valence-corrected chi connectivity index (χ3v) is 6.45. The van der Waals surface area contributed by atoms with Crippen molar-refractivity contribution in [2.45, 2.75) is 12.0 Å². The first kappa shape index (κ1) is 18.1. The lowest BCUT2D eigenvalue weighted by atomic mass is 10.2. The number of amides is 1. The number of rotatable bonds is 4. The summed E-state index contributed by atoms with van der Waals surface area (Å²) in [5.74, 6) is -0.572. The standard InChI is InChI=1S/C16H17BrN2O5S/c1-11-10-12(2-3-13(11)17)18-16(20)14-4-5-15(24-14)25(21,22)19-6-8-23-9-7-19/h2-5,10H,6-9H2,1H3,(H,18,20). The summed E-state index contributed by atoms with van der Waals surface area (Å²) in [6.07, 6.45) is 0. The number of ether oxygens (including phenoxy) is 1. The molecule has 0 saturated carbocycles. The molecule has 1 N–H and O–H groups in total. The third-order valence-electron chi connectivity index (χ3n) is 3.79. The van der Waals surface area contributed by atoms with Gasteiger partial charge in [0.25, 0.3) is 15.9 Å². The van der Waals surface area contributed by atoms with E-state index in [0.29, 0.717) is 18.9 Å². The van der Waals surface area contributed by atoms with Gasteiger partial charge in [0.1, 0.15) is 0 Å². The highest BCUT2D eigenvalue weighted by Crippen LogP contribution is 2.23. The molecule has 25 heavy (non-hydrogen) atoms. The van der Waals surface area contributed by atoms with E-state index in [2.05, 4.69) is 21.2 Å². The maximum Gasteiger partial charge on any atom is 0.291 e. The Labute approximate surface area is 154 Å². The number of anilines is 1. The molecule has 1 aromatic heterocycles. The second-order valence-corrected chi connectivity index (χ2v) is 8.28. The van der Waals surface area contributed by atoms with E-state index in [1.165, 1.54) is 16.4 Å². The predicted octanol–water partition coefficient (Wildman–Crippen LogP) is 2.62. The number of aryl methyl sites for hydroxylation is 1. The van der Waals surface area contributed by atoms with Crippen molar-refractivity contribution in [3.63, 3.8) is 0 Å². The number of halogens is 1. The summed E-state index contributed by atoms with van der Waals surface area (Å²) in [6.45, 7) is 3.12. The molecule has 1 aliphatic rings. The van der Waals surface area contributed by atoms with Crippen LogP contribution in [0.4, 0.5) is 5.69 Å². The molecule has 3 rings (SSSR count). The van der Waals surface area contributed by atoms with Crippen molar-refractivity contribution in [2.24, 2.45) is 0 Å². The first-order valence-electron chi connectivity index (χ1n) is 7.63. The van der Waals surface area contributed by atoms with Crippen LogP contribution in [0, 0.1) is 6.92 Å². The highest BCUT2D eigenvalue weighted by Gasteiger charge is 2.30. The highest BCUT2D eigenvalue weighted by molar-refractivity contribution is 9.10. The molecule has 2 heterocycles. The van der Waals surface area contributed by atoms with Gasteiger partial charge in [0.05, 0.1) is 13.2 Å². The number of sulfonamides is 1. The average molecular weight is 429 g/mol. The van der Waals surface area contributed by atoms with Gasteiger partial charge in [0, 0.05) is 23.2 Å². The fourth-order valence-electron chi connectivity index (χ4n) is 2.41. The molecule has 134 valence electrons. The van der Waals surface area contributed by atoms with E-state index in [9.17, 15) is 13.2 Å². The van der Waals surface area contributed by atoms with E-state index in [1.807, 2.05) is 13.0 Å². The van der Waals surface area contributed by atoms with E-state index in [0.717, 1.165) is 10.0 Å². The van der Waals surface area contributed by atoms with Gasteiger partial charge in [-0.05, 0) is 42.8 Å². The van der Waals surface area contributed by atoms with Crippen LogP contribution in [0.2, 0.25) is 0 Å². The van der Waals surface area contributed by atoms with E-state index < -0.39 is 15.9 Å². The number of hydrogen-bond donors (Lipinski definition) is 1. The first-order chi connectivity index (χ1) is 11.9. The molecular formula is C16H17BrN2O5S. The Balaban J connectivity index is 1.76. The Morgan fingerprint density at radius 3 is 2.60 bits per heavy atom. The lowest BCUT2D eigenvalue weighted by Crippen LogP contribution is -2.40. The first-order valence-corrected chi connectivity index (χ1v) is 9.86. The summed E-state index contributed by atoms with van der Waals surface area (Å²) in [4.78, 5) is 12.3. The highest BCUT2D eigenvalue weighted by atomic mass is 79.9. The number of morpholine rings is 1. The average Bonchev–Trinajstić information content (AvgIpc) is 3.10. The number of benzene rings is 1. The zero-order chi connectivity index (χ0) is 18.0. The van der Waals surface area contributed by atoms with Gasteiger partial charge < -0.3 is 14.5 Å². The Morgan fingerprint density at radius 1 is 1.20 bits per heavy atom. The molecule has 1 fully saturated rings. The van der Waals surface area contributed by atoms with Crippen LogP contribution in [0.15, 0.2) is 44.3 Å². The maximum absolute atomic E-state index is 12.5. The number of carbonyl (C=O) groups is 1. The van der Waals surface area contributed by atoms with Crippen LogP contribution in [0.25, 0.3) is 0 Å². The zero-order valence-corrected chi connectivity index (χ0v) is 15.9. The van der Waals surface area contributed by atoms with Crippen LogP contribution in [0.1, 0.15) is 16.1 Å². The Bertz CT molecular complexity index is 888. The quantitative estimate of drug-likeness (QED) is 0.808. The van der Waals surface area contributed by atoms with Crippen molar-refractivity contribution in [3.8, 4) is 0 Å². The molecule has 7 nitrogen and oxygen atoms in total. The van der Waals surface area contributed by atoms with Crippen molar-refractivity contribution in [1.82, 2.24) is 4.31 Å². The molecule has 0 atom stereocenters. The van der Waals surface area contributed by atoms with Gasteiger partial charge in [-0.25, -0.2) is 8.42 Å². The number of nitrogens with one attached hydrogen (secondary N) is 1. The molecule has 0 aliphatic carbocycles. The fraction of sp³-hybridized carbons (Fsp3) is 0.312. The van der Waals surface area contributed by atoms with Crippen molar-refractivity contribution in [2.75, 3.05) is 31.6 Å². The summed E-state index contributed by atoms with van der Waals surface area (Å²) in [7, 11) is -3.76. The van der Waals surface area contributed by atoms with Gasteiger partial charge in [-0.1, -0.05) is 15.9 Å². The van der Waals surface area contributed by atoms with Crippen molar-refractivity contribution >= 4 is 37.5 Å². The van der Waals surface area contributed by atoms with Crippen molar-refractivity contribution in [1.29, 1.82) is 0 Å². The summed E-state index contributed by atoms with van der Waals surface area (Å²) in [5.41, 5.74) is 1.56. The van der Waals surface area contributed by atoms with Gasteiger partial charge in [-0.15, -0.1) is 0 Å². The van der Waals surface area contributed by atoms with Gasteiger partial charge in [0.2, 0.25) is 5.09 Å². The van der Waals surface area contributed by atoms with Gasteiger partial charge in [-0.3, -0.25) is 4.79 Å². The molecule has 1 saturated heterocycles. The maximum atomic E-state index is 12.5. The molecule has 0 bridgehead atoms. The van der Waals surface area contributed by atoms with Crippen molar-refractivity contribution < 1.29 is 22.4 Å². The molecule has 9 heteroatoms. The molecule has 0 radical (unpaired) electrons. The second kappa shape index (κ2) is 7.28. The van der Waals surface area contributed by atoms with Crippen LogP contribution < -0.4 is 5.32 Å². The van der Waals surface area contributed by atoms with Gasteiger partial charge in [-0.2, -0.15) is 4.31 Å². The number of carbonyl (C=O) groups excluding carboxylic acids is 1. The van der Waals surface area contributed by atoms with Gasteiger partial charge in [0.15, 0.2) is 5.76 Å². The fourth-order valence-corrected chi connectivity index (χ4v) is 3.98. The SMILES string of the molecule is Cc1cc(NC(=O)c2ccc(S(=O)(=O)N3CCOCC3)o2)ccc1Br. The minimum absolute atomic E-state index is 0.0626. The summed E-state index contributed by atoms with van der Waals surface area (Å²) < 4.78 is 37.7. The number of furan rings is 1. The topological polar surface area (TPSA) is 88.9 Å². The van der Waals surface area contributed by atoms with Crippen LogP contribution in [-0.4, -0.2) is 44.9 Å².